The zero-order valence-corrected chi connectivity index (χ0v) is 8.65. The fourth-order valence-corrected chi connectivity index (χ4v) is 2.34. The minimum Gasteiger partial charge on any atom is -0.325 e. The van der Waals surface area contributed by atoms with E-state index in [2.05, 4.69) is 6.07 Å². The Morgan fingerprint density at radius 1 is 1.31 bits per heavy atom. The van der Waals surface area contributed by atoms with Gasteiger partial charge in [0.2, 0.25) is 0 Å². The van der Waals surface area contributed by atoms with E-state index in [1.807, 2.05) is 18.2 Å². The van der Waals surface area contributed by atoms with Gasteiger partial charge < -0.3 is 5.73 Å². The Hall–Kier alpha value is -0.240. The molecule has 1 atom stereocenters. The van der Waals surface area contributed by atoms with Gasteiger partial charge in [0.1, 0.15) is 0 Å². The average Bonchev–Trinajstić information content (AvgIpc) is 2.13. The van der Waals surface area contributed by atoms with Crippen molar-refractivity contribution in [2.24, 2.45) is 5.73 Å². The smallest absolute Gasteiger partial charge is 0.158 e. The molecule has 0 fully saturated rings. The van der Waals surface area contributed by atoms with Crippen LogP contribution in [0.25, 0.3) is 0 Å². The molecule has 1 unspecified atom stereocenters. The SMILES string of the molecule is NC1CCc2ccccc2C1(Cl)Cl. The first-order valence-corrected chi connectivity index (χ1v) is 5.10. The van der Waals surface area contributed by atoms with Gasteiger partial charge in [-0.3, -0.25) is 0 Å². The number of nitrogens with two attached hydrogens (primary N) is 1. The number of alkyl halides is 2. The summed E-state index contributed by atoms with van der Waals surface area (Å²) in [7, 11) is 0. The third-order valence-corrected chi connectivity index (χ3v) is 3.53. The minimum atomic E-state index is -0.908. The maximum absolute atomic E-state index is 6.19. The van der Waals surface area contributed by atoms with Gasteiger partial charge in [-0.25, -0.2) is 0 Å². The van der Waals surface area contributed by atoms with Crippen molar-refractivity contribution < 1.29 is 0 Å². The molecule has 0 aromatic heterocycles. The van der Waals surface area contributed by atoms with Gasteiger partial charge >= 0.3 is 0 Å². The van der Waals surface area contributed by atoms with Gasteiger partial charge in [0, 0.05) is 6.04 Å². The summed E-state index contributed by atoms with van der Waals surface area (Å²) in [6, 6.07) is 7.79. The molecule has 0 spiro atoms. The van der Waals surface area contributed by atoms with E-state index in [1.54, 1.807) is 0 Å². The fraction of sp³-hybridized carbons (Fsp3) is 0.400. The highest BCUT2D eigenvalue weighted by Crippen LogP contribution is 2.43. The molecule has 13 heavy (non-hydrogen) atoms. The molecule has 2 N–H and O–H groups in total. The quantitative estimate of drug-likeness (QED) is 0.662. The molecule has 1 aromatic rings. The average molecular weight is 216 g/mol. The van der Waals surface area contributed by atoms with Gasteiger partial charge in [-0.1, -0.05) is 47.5 Å². The van der Waals surface area contributed by atoms with Crippen LogP contribution in [0.2, 0.25) is 0 Å². The molecule has 1 aliphatic carbocycles. The molecule has 0 amide bonds. The first kappa shape index (κ1) is 9.32. The highest BCUT2D eigenvalue weighted by Gasteiger charge is 2.38. The minimum absolute atomic E-state index is 0.161. The van der Waals surface area contributed by atoms with E-state index in [9.17, 15) is 0 Å². The Morgan fingerprint density at radius 2 is 2.00 bits per heavy atom. The number of hydrogen-bond donors (Lipinski definition) is 1. The largest absolute Gasteiger partial charge is 0.325 e. The van der Waals surface area contributed by atoms with Crippen LogP contribution in [0.1, 0.15) is 17.5 Å². The lowest BCUT2D eigenvalue weighted by Gasteiger charge is -2.33. The molecule has 0 radical (unpaired) electrons. The zero-order valence-electron chi connectivity index (χ0n) is 7.13. The second kappa shape index (κ2) is 3.16. The van der Waals surface area contributed by atoms with E-state index < -0.39 is 4.33 Å². The summed E-state index contributed by atoms with van der Waals surface area (Å²) in [6.07, 6.45) is 1.82. The predicted octanol–water partition coefficient (Wildman–Crippen LogP) is 2.59. The van der Waals surface area contributed by atoms with Crippen LogP contribution in [-0.4, -0.2) is 6.04 Å². The Bertz CT molecular complexity index is 322. The van der Waals surface area contributed by atoms with Crippen LogP contribution >= 0.6 is 23.2 Å². The second-order valence-electron chi connectivity index (χ2n) is 3.43. The third-order valence-electron chi connectivity index (χ3n) is 2.57. The third kappa shape index (κ3) is 1.45. The normalized spacial score (nSPS) is 25.3. The maximum atomic E-state index is 6.19. The molecule has 1 aromatic carbocycles. The van der Waals surface area contributed by atoms with Crippen molar-refractivity contribution in [1.82, 2.24) is 0 Å². The zero-order chi connectivity index (χ0) is 9.47. The van der Waals surface area contributed by atoms with Gasteiger partial charge in [0.25, 0.3) is 0 Å². The molecule has 0 heterocycles. The van der Waals surface area contributed by atoms with Crippen molar-refractivity contribution >= 4 is 23.2 Å². The Balaban J connectivity index is 2.52. The summed E-state index contributed by atoms with van der Waals surface area (Å²) in [6.45, 7) is 0. The van der Waals surface area contributed by atoms with Gasteiger partial charge in [-0.2, -0.15) is 0 Å². The van der Waals surface area contributed by atoms with Gasteiger partial charge in [0.15, 0.2) is 4.33 Å². The Kier molecular flexibility index (Phi) is 2.26. The number of fused-ring (bicyclic) bond motifs is 1. The highest BCUT2D eigenvalue weighted by atomic mass is 35.5. The van der Waals surface area contributed by atoms with Crippen LogP contribution in [0.4, 0.5) is 0 Å². The second-order valence-corrected chi connectivity index (χ2v) is 4.81. The first-order chi connectivity index (χ1) is 6.12. The molecular formula is C10H11Cl2N. The van der Waals surface area contributed by atoms with E-state index in [-0.39, 0.29) is 6.04 Å². The molecule has 0 bridgehead atoms. The van der Waals surface area contributed by atoms with E-state index in [0.717, 1.165) is 18.4 Å². The van der Waals surface area contributed by atoms with Crippen LogP contribution < -0.4 is 5.73 Å². The van der Waals surface area contributed by atoms with E-state index in [0.29, 0.717) is 0 Å². The Labute approximate surface area is 87.8 Å². The summed E-state index contributed by atoms with van der Waals surface area (Å²) >= 11 is 12.4. The highest BCUT2D eigenvalue weighted by molar-refractivity contribution is 6.48. The lowest BCUT2D eigenvalue weighted by molar-refractivity contribution is 0.523. The lowest BCUT2D eigenvalue weighted by atomic mass is 9.88. The molecule has 0 saturated carbocycles. The van der Waals surface area contributed by atoms with E-state index in [1.165, 1.54) is 5.56 Å². The summed E-state index contributed by atoms with van der Waals surface area (Å²) in [5.41, 5.74) is 8.05. The number of halogens is 2. The van der Waals surface area contributed by atoms with Crippen molar-refractivity contribution in [2.45, 2.75) is 23.2 Å². The summed E-state index contributed by atoms with van der Waals surface area (Å²) < 4.78 is -0.908. The van der Waals surface area contributed by atoms with Crippen LogP contribution in [0.5, 0.6) is 0 Å². The monoisotopic (exact) mass is 215 g/mol. The molecule has 0 aliphatic heterocycles. The van der Waals surface area contributed by atoms with Gasteiger partial charge in [-0.05, 0) is 24.0 Å². The van der Waals surface area contributed by atoms with Crippen molar-refractivity contribution in [1.29, 1.82) is 0 Å². The lowest BCUT2D eigenvalue weighted by Crippen LogP contribution is -2.41. The molecule has 1 nitrogen and oxygen atoms in total. The molecule has 1 aliphatic rings. The van der Waals surface area contributed by atoms with Crippen LogP contribution in [0, 0.1) is 0 Å². The number of rotatable bonds is 0. The maximum Gasteiger partial charge on any atom is 0.158 e. The number of aryl methyl sites for hydroxylation is 1. The van der Waals surface area contributed by atoms with Crippen molar-refractivity contribution in [3.63, 3.8) is 0 Å². The first-order valence-electron chi connectivity index (χ1n) is 4.34. The molecule has 70 valence electrons. The van der Waals surface area contributed by atoms with Crippen molar-refractivity contribution in [3.05, 3.63) is 35.4 Å². The van der Waals surface area contributed by atoms with Crippen molar-refractivity contribution in [3.8, 4) is 0 Å². The van der Waals surface area contributed by atoms with Crippen LogP contribution in [0.15, 0.2) is 24.3 Å². The summed E-state index contributed by atoms with van der Waals surface area (Å²) in [5.74, 6) is 0. The van der Waals surface area contributed by atoms with Crippen LogP contribution in [-0.2, 0) is 10.8 Å². The van der Waals surface area contributed by atoms with Crippen molar-refractivity contribution in [2.75, 3.05) is 0 Å². The summed E-state index contributed by atoms with van der Waals surface area (Å²) in [5, 5.41) is 0. The molecule has 0 saturated heterocycles. The van der Waals surface area contributed by atoms with Gasteiger partial charge in [-0.15, -0.1) is 0 Å². The molecular weight excluding hydrogens is 205 g/mol. The molecule has 2 rings (SSSR count). The number of benzene rings is 1. The number of hydrogen-bond acceptors (Lipinski definition) is 1. The van der Waals surface area contributed by atoms with E-state index >= 15 is 0 Å². The standard InChI is InChI=1S/C10H11Cl2N/c11-10(12)8-4-2-1-3-7(8)5-6-9(10)13/h1-4,9H,5-6,13H2. The van der Waals surface area contributed by atoms with Gasteiger partial charge in [0.05, 0.1) is 0 Å². The van der Waals surface area contributed by atoms with E-state index in [4.69, 9.17) is 28.9 Å². The molecule has 3 heteroatoms. The predicted molar refractivity (Wildman–Crippen MR) is 56.1 cm³/mol. The summed E-state index contributed by atoms with van der Waals surface area (Å²) in [4.78, 5) is 0. The van der Waals surface area contributed by atoms with Crippen LogP contribution in [0.3, 0.4) is 0 Å². The fourth-order valence-electron chi connectivity index (χ4n) is 1.76. The Morgan fingerprint density at radius 3 is 2.77 bits per heavy atom. The topological polar surface area (TPSA) is 26.0 Å².